The molecule has 1 aromatic carbocycles. The lowest BCUT2D eigenvalue weighted by Crippen LogP contribution is -3.13. The normalized spacial score (nSPS) is 24.2. The Labute approximate surface area is 166 Å². The number of aryl methyl sites for hydroxylation is 1. The maximum atomic E-state index is 5.97. The van der Waals surface area contributed by atoms with Gasteiger partial charge in [-0.2, -0.15) is 4.68 Å². The molecule has 1 saturated carbocycles. The van der Waals surface area contributed by atoms with Crippen LogP contribution in [0.1, 0.15) is 44.2 Å². The summed E-state index contributed by atoms with van der Waals surface area (Å²) in [6.07, 6.45) is 5.09. The van der Waals surface area contributed by atoms with Crippen LogP contribution in [0.2, 0.25) is 0 Å². The average Bonchev–Trinajstić information content (AvgIpc) is 2.99. The number of quaternary nitrogens is 1. The number of hydrogen-bond donors (Lipinski definition) is 1. The van der Waals surface area contributed by atoms with Gasteiger partial charge < -0.3 is 9.64 Å². The fourth-order valence-corrected chi connectivity index (χ4v) is 4.84. The first-order chi connectivity index (χ1) is 13.1. The van der Waals surface area contributed by atoms with Crippen LogP contribution in [0.5, 0.6) is 0 Å². The van der Waals surface area contributed by atoms with Crippen molar-refractivity contribution >= 4 is 12.2 Å². The number of hydrogen-bond acceptors (Lipinski definition) is 3. The van der Waals surface area contributed by atoms with Crippen molar-refractivity contribution in [2.75, 3.05) is 26.3 Å². The van der Waals surface area contributed by atoms with Crippen LogP contribution in [-0.4, -0.2) is 40.7 Å². The quantitative estimate of drug-likeness (QED) is 0.820. The van der Waals surface area contributed by atoms with Crippen molar-refractivity contribution in [3.05, 3.63) is 34.6 Å². The van der Waals surface area contributed by atoms with Crippen LogP contribution in [0.3, 0.4) is 0 Å². The van der Waals surface area contributed by atoms with Gasteiger partial charge in [-0.05, 0) is 44.0 Å². The van der Waals surface area contributed by atoms with Crippen molar-refractivity contribution in [1.82, 2.24) is 14.3 Å². The molecule has 1 aliphatic heterocycles. The molecule has 0 spiro atoms. The third-order valence-electron chi connectivity index (χ3n) is 6.12. The van der Waals surface area contributed by atoms with E-state index in [-0.39, 0.29) is 0 Å². The maximum absolute atomic E-state index is 5.97. The monoisotopic (exact) mass is 387 g/mol. The van der Waals surface area contributed by atoms with E-state index < -0.39 is 0 Å². The second-order valence-corrected chi connectivity index (χ2v) is 8.56. The lowest BCUT2D eigenvalue weighted by molar-refractivity contribution is -0.930. The molecule has 6 heteroatoms. The van der Waals surface area contributed by atoms with E-state index in [0.29, 0.717) is 12.0 Å². The van der Waals surface area contributed by atoms with Crippen molar-refractivity contribution in [2.24, 2.45) is 5.92 Å². The number of nitrogens with zero attached hydrogens (tertiary/aromatic N) is 3. The first-order valence-electron chi connectivity index (χ1n) is 10.3. The van der Waals surface area contributed by atoms with Gasteiger partial charge in [0.15, 0.2) is 12.5 Å². The van der Waals surface area contributed by atoms with Gasteiger partial charge in [-0.15, -0.1) is 5.10 Å². The van der Waals surface area contributed by atoms with Crippen LogP contribution in [0.4, 0.5) is 0 Å². The van der Waals surface area contributed by atoms with Crippen molar-refractivity contribution in [1.29, 1.82) is 0 Å². The van der Waals surface area contributed by atoms with Crippen LogP contribution >= 0.6 is 12.2 Å². The molecule has 1 aromatic heterocycles. The molecule has 0 bridgehead atoms. The van der Waals surface area contributed by atoms with Gasteiger partial charge in [-0.25, -0.2) is 0 Å². The van der Waals surface area contributed by atoms with Gasteiger partial charge in [0.05, 0.1) is 13.2 Å². The first-order valence-corrected chi connectivity index (χ1v) is 10.7. The minimum absolute atomic E-state index is 0.454. The van der Waals surface area contributed by atoms with Gasteiger partial charge in [0.25, 0.3) is 0 Å². The standard InChI is InChI=1S/C21H30N4OS/c1-16-6-5-8-18(14-16)20-22-24(15-23-10-12-26-13-11-23)21(27)25(20)19-9-4-3-7-17(19)2/h5-6,8,14,17,19H,3-4,7,9-13,15H2,1-2H3/p+1/t17-,19-/m1/s1. The fraction of sp³-hybridized carbons (Fsp3) is 0.619. The Kier molecular flexibility index (Phi) is 5.76. The Morgan fingerprint density at radius 1 is 1.22 bits per heavy atom. The SMILES string of the molecule is Cc1cccc(-c2nn(C[NH+]3CCOCC3)c(=S)n2[C@@H]2CCCC[C@H]2C)c1. The van der Waals surface area contributed by atoms with Crippen molar-refractivity contribution < 1.29 is 9.64 Å². The topological polar surface area (TPSA) is 36.4 Å². The molecule has 2 heterocycles. The summed E-state index contributed by atoms with van der Waals surface area (Å²) in [5.74, 6) is 1.68. The van der Waals surface area contributed by atoms with E-state index in [1.807, 2.05) is 0 Å². The minimum atomic E-state index is 0.454. The minimum Gasteiger partial charge on any atom is -0.370 e. The summed E-state index contributed by atoms with van der Waals surface area (Å²) in [7, 11) is 0. The molecular formula is C21H31N4OS+. The highest BCUT2D eigenvalue weighted by Crippen LogP contribution is 2.36. The van der Waals surface area contributed by atoms with Crippen LogP contribution in [-0.2, 0) is 11.4 Å². The molecule has 27 heavy (non-hydrogen) atoms. The molecular weight excluding hydrogens is 356 g/mol. The highest BCUT2D eigenvalue weighted by Gasteiger charge is 2.28. The van der Waals surface area contributed by atoms with Crippen LogP contribution in [0.25, 0.3) is 11.4 Å². The second-order valence-electron chi connectivity index (χ2n) is 8.19. The molecule has 1 saturated heterocycles. The van der Waals surface area contributed by atoms with E-state index in [4.69, 9.17) is 22.1 Å². The molecule has 1 aliphatic carbocycles. The van der Waals surface area contributed by atoms with Gasteiger partial charge in [0.1, 0.15) is 13.1 Å². The van der Waals surface area contributed by atoms with E-state index in [1.165, 1.54) is 41.7 Å². The lowest BCUT2D eigenvalue weighted by Gasteiger charge is -2.30. The smallest absolute Gasteiger partial charge is 0.203 e. The van der Waals surface area contributed by atoms with E-state index in [2.05, 4.69) is 47.4 Å². The molecule has 2 aromatic rings. The van der Waals surface area contributed by atoms with Crippen molar-refractivity contribution in [3.63, 3.8) is 0 Å². The highest BCUT2D eigenvalue weighted by atomic mass is 32.1. The maximum Gasteiger partial charge on any atom is 0.203 e. The van der Waals surface area contributed by atoms with Gasteiger partial charge in [0, 0.05) is 11.6 Å². The molecule has 2 aliphatic rings. The molecule has 2 atom stereocenters. The summed E-state index contributed by atoms with van der Waals surface area (Å²) in [5, 5.41) is 5.04. The summed E-state index contributed by atoms with van der Waals surface area (Å²) < 4.78 is 10.8. The number of ether oxygens (including phenoxy) is 1. The Morgan fingerprint density at radius 2 is 2.00 bits per heavy atom. The van der Waals surface area contributed by atoms with Crippen molar-refractivity contribution in [3.8, 4) is 11.4 Å². The Balaban J connectivity index is 1.75. The fourth-order valence-electron chi connectivity index (χ4n) is 4.51. The molecule has 2 fully saturated rings. The summed E-state index contributed by atoms with van der Waals surface area (Å²) in [6, 6.07) is 9.11. The van der Waals surface area contributed by atoms with Crippen LogP contribution in [0.15, 0.2) is 24.3 Å². The van der Waals surface area contributed by atoms with E-state index in [1.54, 1.807) is 0 Å². The molecule has 1 N–H and O–H groups in total. The molecule has 146 valence electrons. The zero-order chi connectivity index (χ0) is 18.8. The van der Waals surface area contributed by atoms with Crippen LogP contribution < -0.4 is 4.90 Å². The number of morpholine rings is 1. The van der Waals surface area contributed by atoms with E-state index in [9.17, 15) is 0 Å². The molecule has 0 amide bonds. The van der Waals surface area contributed by atoms with Gasteiger partial charge in [-0.3, -0.25) is 4.57 Å². The van der Waals surface area contributed by atoms with Gasteiger partial charge in [0.2, 0.25) is 4.77 Å². The third-order valence-corrected chi connectivity index (χ3v) is 6.53. The number of rotatable bonds is 4. The second kappa shape index (κ2) is 8.25. The zero-order valence-corrected chi connectivity index (χ0v) is 17.3. The number of aromatic nitrogens is 3. The summed E-state index contributed by atoms with van der Waals surface area (Å²) in [6.45, 7) is 9.04. The largest absolute Gasteiger partial charge is 0.370 e. The number of nitrogens with one attached hydrogen (secondary N) is 1. The molecule has 5 nitrogen and oxygen atoms in total. The zero-order valence-electron chi connectivity index (χ0n) is 16.5. The predicted octanol–water partition coefficient (Wildman–Crippen LogP) is 3.01. The number of benzene rings is 1. The third kappa shape index (κ3) is 4.03. The first kappa shape index (κ1) is 18.8. The highest BCUT2D eigenvalue weighted by molar-refractivity contribution is 7.71. The van der Waals surface area contributed by atoms with Gasteiger partial charge in [-0.1, -0.05) is 43.5 Å². The summed E-state index contributed by atoms with van der Waals surface area (Å²) in [5.41, 5.74) is 2.43. The summed E-state index contributed by atoms with van der Waals surface area (Å²) in [4.78, 5) is 1.49. The molecule has 4 rings (SSSR count). The van der Waals surface area contributed by atoms with E-state index in [0.717, 1.165) is 43.6 Å². The Bertz CT molecular complexity index is 837. The Hall–Kier alpha value is -1.50. The van der Waals surface area contributed by atoms with Crippen LogP contribution in [0, 0.1) is 17.6 Å². The Morgan fingerprint density at radius 3 is 2.74 bits per heavy atom. The average molecular weight is 388 g/mol. The van der Waals surface area contributed by atoms with Crippen molar-refractivity contribution in [2.45, 2.75) is 52.2 Å². The summed E-state index contributed by atoms with van der Waals surface area (Å²) >= 11 is 5.97. The predicted molar refractivity (Wildman–Crippen MR) is 109 cm³/mol. The van der Waals surface area contributed by atoms with E-state index >= 15 is 0 Å². The van der Waals surface area contributed by atoms with Gasteiger partial charge >= 0.3 is 0 Å². The molecule has 0 unspecified atom stereocenters. The lowest BCUT2D eigenvalue weighted by atomic mass is 9.85. The molecule has 0 radical (unpaired) electrons.